The Kier molecular flexibility index (Phi) is 5.71. The van der Waals surface area contributed by atoms with Crippen LogP contribution in [0.15, 0.2) is 18.2 Å². The molecule has 2 rings (SSSR count). The summed E-state index contributed by atoms with van der Waals surface area (Å²) in [5.41, 5.74) is 0.955. The van der Waals surface area contributed by atoms with Crippen molar-refractivity contribution in [2.45, 2.75) is 19.9 Å². The highest BCUT2D eigenvalue weighted by Gasteiger charge is 2.30. The van der Waals surface area contributed by atoms with E-state index in [1.807, 2.05) is 23.1 Å². The minimum atomic E-state index is 0.0997. The summed E-state index contributed by atoms with van der Waals surface area (Å²) >= 11 is 1.29. The van der Waals surface area contributed by atoms with E-state index in [0.717, 1.165) is 11.3 Å². The molecule has 0 radical (unpaired) electrons. The fourth-order valence-corrected chi connectivity index (χ4v) is 3.24. The first-order valence-electron chi connectivity index (χ1n) is 7.15. The summed E-state index contributed by atoms with van der Waals surface area (Å²) in [4.78, 5) is 25.0. The van der Waals surface area contributed by atoms with Gasteiger partial charge in [-0.05, 0) is 18.1 Å². The van der Waals surface area contributed by atoms with E-state index < -0.39 is 0 Å². The lowest BCUT2D eigenvalue weighted by atomic mass is 10.1. The average molecular weight is 323 g/mol. The van der Waals surface area contributed by atoms with Crippen molar-refractivity contribution in [1.82, 2.24) is 4.90 Å². The molecule has 1 aliphatic rings. The number of benzene rings is 1. The van der Waals surface area contributed by atoms with E-state index in [-0.39, 0.29) is 16.9 Å². The van der Waals surface area contributed by atoms with Crippen LogP contribution in [0.5, 0.6) is 11.5 Å². The number of hydrogen-bond acceptors (Lipinski definition) is 5. The number of ether oxygens (including phenoxy) is 2. The summed E-state index contributed by atoms with van der Waals surface area (Å²) in [5.74, 6) is 2.52. The highest BCUT2D eigenvalue weighted by Crippen LogP contribution is 2.29. The van der Waals surface area contributed by atoms with E-state index in [4.69, 9.17) is 9.47 Å². The Balaban J connectivity index is 2.01. The molecule has 1 atom stereocenters. The van der Waals surface area contributed by atoms with E-state index in [2.05, 4.69) is 0 Å². The molecule has 6 heteroatoms. The normalized spacial score (nSPS) is 17.7. The maximum atomic E-state index is 12.1. The summed E-state index contributed by atoms with van der Waals surface area (Å²) in [6.07, 6.45) is 0.513. The molecule has 1 aromatic rings. The first-order chi connectivity index (χ1) is 10.5. The van der Waals surface area contributed by atoms with Crippen molar-refractivity contribution < 1.29 is 19.1 Å². The molecule has 0 spiro atoms. The summed E-state index contributed by atoms with van der Waals surface area (Å²) in [5, 5.41) is 0.0997. The van der Waals surface area contributed by atoms with Crippen LogP contribution in [-0.2, 0) is 16.1 Å². The van der Waals surface area contributed by atoms with Crippen molar-refractivity contribution in [3.05, 3.63) is 23.8 Å². The molecule has 0 N–H and O–H groups in total. The number of carbonyl (C=O) groups is 2. The molecule has 1 amide bonds. The van der Waals surface area contributed by atoms with Crippen LogP contribution in [0.25, 0.3) is 0 Å². The minimum Gasteiger partial charge on any atom is -0.497 e. The van der Waals surface area contributed by atoms with Crippen LogP contribution in [0.4, 0.5) is 0 Å². The van der Waals surface area contributed by atoms with Gasteiger partial charge in [0, 0.05) is 43.8 Å². The lowest BCUT2D eigenvalue weighted by Gasteiger charge is -2.19. The maximum absolute atomic E-state index is 12.1. The molecule has 1 heterocycles. The summed E-state index contributed by atoms with van der Waals surface area (Å²) in [6, 6.07) is 5.60. The fourth-order valence-electron chi connectivity index (χ4n) is 2.54. The Morgan fingerprint density at radius 2 is 2.14 bits per heavy atom. The number of thioether (sulfide) groups is 1. The number of methoxy groups -OCH3 is 2. The summed E-state index contributed by atoms with van der Waals surface area (Å²) in [6.45, 7) is 2.77. The molecule has 22 heavy (non-hydrogen) atoms. The predicted octanol–water partition coefficient (Wildman–Crippen LogP) is 2.33. The van der Waals surface area contributed by atoms with Gasteiger partial charge in [0.25, 0.3) is 0 Å². The molecule has 1 saturated heterocycles. The van der Waals surface area contributed by atoms with E-state index in [1.165, 1.54) is 11.8 Å². The minimum absolute atomic E-state index is 0.0997. The lowest BCUT2D eigenvalue weighted by molar-refractivity contribution is -0.128. The van der Waals surface area contributed by atoms with Gasteiger partial charge in [0.2, 0.25) is 5.91 Å². The molecular formula is C16H21NO4S. The average Bonchev–Trinajstić information content (AvgIpc) is 2.85. The van der Waals surface area contributed by atoms with Gasteiger partial charge >= 0.3 is 0 Å². The molecular weight excluding hydrogens is 302 g/mol. The van der Waals surface area contributed by atoms with Gasteiger partial charge < -0.3 is 14.4 Å². The Hall–Kier alpha value is -1.69. The Bertz CT molecular complexity index is 561. The van der Waals surface area contributed by atoms with Gasteiger partial charge in [0.1, 0.15) is 11.5 Å². The van der Waals surface area contributed by atoms with Crippen molar-refractivity contribution in [3.8, 4) is 11.5 Å². The highest BCUT2D eigenvalue weighted by atomic mass is 32.2. The number of likely N-dealkylation sites (tertiary alicyclic amines) is 1. The van der Waals surface area contributed by atoms with Crippen LogP contribution in [0, 0.1) is 5.92 Å². The Morgan fingerprint density at radius 1 is 1.36 bits per heavy atom. The number of carbonyl (C=O) groups excluding carboxylic acids is 2. The van der Waals surface area contributed by atoms with Crippen molar-refractivity contribution >= 4 is 22.8 Å². The SMILES string of the molecule is COc1ccc(CN2CC(CSC(C)=O)CC2=O)c(OC)c1. The zero-order valence-corrected chi connectivity index (χ0v) is 13.9. The quantitative estimate of drug-likeness (QED) is 0.804. The van der Waals surface area contributed by atoms with Crippen molar-refractivity contribution in [2.75, 3.05) is 26.5 Å². The summed E-state index contributed by atoms with van der Waals surface area (Å²) < 4.78 is 10.6. The smallest absolute Gasteiger partial charge is 0.223 e. The topological polar surface area (TPSA) is 55.8 Å². The highest BCUT2D eigenvalue weighted by molar-refractivity contribution is 8.13. The van der Waals surface area contributed by atoms with Gasteiger partial charge in [0.15, 0.2) is 5.12 Å². The number of hydrogen-bond donors (Lipinski definition) is 0. The standard InChI is InChI=1S/C16H21NO4S/c1-11(18)22-10-12-6-16(19)17(8-12)9-13-4-5-14(20-2)7-15(13)21-3/h4-5,7,12H,6,8-10H2,1-3H3. The molecule has 0 aromatic heterocycles. The largest absolute Gasteiger partial charge is 0.497 e. The van der Waals surface area contributed by atoms with Gasteiger partial charge in [-0.1, -0.05) is 11.8 Å². The van der Waals surface area contributed by atoms with Crippen molar-refractivity contribution in [3.63, 3.8) is 0 Å². The zero-order chi connectivity index (χ0) is 16.1. The zero-order valence-electron chi connectivity index (χ0n) is 13.1. The maximum Gasteiger partial charge on any atom is 0.223 e. The molecule has 1 aliphatic heterocycles. The molecule has 120 valence electrons. The van der Waals surface area contributed by atoms with E-state index >= 15 is 0 Å². The van der Waals surface area contributed by atoms with Crippen LogP contribution in [-0.4, -0.2) is 42.4 Å². The van der Waals surface area contributed by atoms with Gasteiger partial charge in [-0.3, -0.25) is 9.59 Å². The second kappa shape index (κ2) is 7.54. The second-order valence-electron chi connectivity index (χ2n) is 5.32. The Morgan fingerprint density at radius 3 is 2.77 bits per heavy atom. The number of amides is 1. The first kappa shape index (κ1) is 16.7. The number of rotatable bonds is 6. The van der Waals surface area contributed by atoms with E-state index in [1.54, 1.807) is 21.1 Å². The van der Waals surface area contributed by atoms with Gasteiger partial charge in [-0.15, -0.1) is 0 Å². The second-order valence-corrected chi connectivity index (χ2v) is 6.52. The van der Waals surface area contributed by atoms with Crippen LogP contribution in [0.3, 0.4) is 0 Å². The monoisotopic (exact) mass is 323 g/mol. The Labute approximate surface area is 135 Å². The predicted molar refractivity (Wildman–Crippen MR) is 86.2 cm³/mol. The molecule has 1 unspecified atom stereocenters. The molecule has 0 saturated carbocycles. The van der Waals surface area contributed by atoms with Gasteiger partial charge in [-0.2, -0.15) is 0 Å². The third kappa shape index (κ3) is 4.16. The van der Waals surface area contributed by atoms with Crippen LogP contribution >= 0.6 is 11.8 Å². The van der Waals surface area contributed by atoms with Crippen LogP contribution in [0.1, 0.15) is 18.9 Å². The van der Waals surface area contributed by atoms with Crippen LogP contribution < -0.4 is 9.47 Å². The summed E-state index contributed by atoms with van der Waals surface area (Å²) in [7, 11) is 3.21. The fraction of sp³-hybridized carbons (Fsp3) is 0.500. The van der Waals surface area contributed by atoms with Crippen LogP contribution in [0.2, 0.25) is 0 Å². The van der Waals surface area contributed by atoms with Crippen molar-refractivity contribution in [1.29, 1.82) is 0 Å². The first-order valence-corrected chi connectivity index (χ1v) is 8.14. The third-order valence-corrected chi connectivity index (χ3v) is 4.72. The van der Waals surface area contributed by atoms with E-state index in [0.29, 0.717) is 31.0 Å². The molecule has 5 nitrogen and oxygen atoms in total. The van der Waals surface area contributed by atoms with Gasteiger partial charge in [-0.25, -0.2) is 0 Å². The molecule has 0 bridgehead atoms. The number of nitrogens with zero attached hydrogens (tertiary/aromatic N) is 1. The lowest BCUT2D eigenvalue weighted by Crippen LogP contribution is -2.25. The van der Waals surface area contributed by atoms with Crippen molar-refractivity contribution in [2.24, 2.45) is 5.92 Å². The molecule has 0 aliphatic carbocycles. The van der Waals surface area contributed by atoms with Gasteiger partial charge in [0.05, 0.1) is 14.2 Å². The molecule has 1 aromatic carbocycles. The van der Waals surface area contributed by atoms with E-state index in [9.17, 15) is 9.59 Å². The third-order valence-electron chi connectivity index (χ3n) is 3.67. The molecule has 1 fully saturated rings.